The van der Waals surface area contributed by atoms with Crippen LogP contribution in [0.5, 0.6) is 0 Å². The molecule has 0 fully saturated rings. The van der Waals surface area contributed by atoms with Gasteiger partial charge in [-0.15, -0.1) is 5.11 Å². The highest BCUT2D eigenvalue weighted by atomic mass is 15.1. The van der Waals surface area contributed by atoms with Crippen molar-refractivity contribution >= 4 is 6.34 Å². The van der Waals surface area contributed by atoms with Crippen LogP contribution < -0.4 is 0 Å². The van der Waals surface area contributed by atoms with Gasteiger partial charge in [0.05, 0.1) is 0 Å². The van der Waals surface area contributed by atoms with Crippen LogP contribution in [0, 0.1) is 5.41 Å². The second-order valence-corrected chi connectivity index (χ2v) is 0.543. The van der Waals surface area contributed by atoms with Crippen molar-refractivity contribution in [2.45, 2.75) is 0 Å². The lowest BCUT2D eigenvalue weighted by molar-refractivity contribution is 1.28. The molecule has 32 valence electrons. The zero-order chi connectivity index (χ0) is 4.83. The lowest BCUT2D eigenvalue weighted by Crippen LogP contribution is -1.48. The van der Waals surface area contributed by atoms with Gasteiger partial charge in [-0.05, 0) is 0 Å². The number of rotatable bonds is 2. The van der Waals surface area contributed by atoms with Gasteiger partial charge in [0.25, 0.3) is 0 Å². The van der Waals surface area contributed by atoms with Crippen LogP contribution in [0.1, 0.15) is 0 Å². The van der Waals surface area contributed by atoms with Crippen molar-refractivity contribution in [1.29, 1.82) is 5.41 Å². The monoisotopic (exact) mass is 83.0 g/mol. The smallest absolute Gasteiger partial charge is 0.129 e. The third-order valence-electron chi connectivity index (χ3n) is 0.206. The molecule has 0 spiro atoms. The molecule has 0 bridgehead atoms. The van der Waals surface area contributed by atoms with E-state index in [1.165, 1.54) is 6.20 Å². The van der Waals surface area contributed by atoms with Crippen molar-refractivity contribution in [3.63, 3.8) is 0 Å². The van der Waals surface area contributed by atoms with Crippen molar-refractivity contribution in [3.8, 4) is 0 Å². The summed E-state index contributed by atoms with van der Waals surface area (Å²) in [7, 11) is 0. The van der Waals surface area contributed by atoms with Gasteiger partial charge in [0, 0.05) is 6.20 Å². The average molecular weight is 83.1 g/mol. The van der Waals surface area contributed by atoms with Crippen molar-refractivity contribution in [3.05, 3.63) is 12.8 Å². The summed E-state index contributed by atoms with van der Waals surface area (Å²) in [6.45, 7) is 3.23. The van der Waals surface area contributed by atoms with E-state index in [-0.39, 0.29) is 0 Å². The molecule has 0 aromatic rings. The number of nitrogens with zero attached hydrogens (tertiary/aromatic N) is 2. The first-order valence-corrected chi connectivity index (χ1v) is 1.41. The van der Waals surface area contributed by atoms with Crippen LogP contribution in [0.25, 0.3) is 0 Å². The van der Waals surface area contributed by atoms with Crippen LogP contribution in [0.2, 0.25) is 0 Å². The van der Waals surface area contributed by atoms with Gasteiger partial charge >= 0.3 is 0 Å². The van der Waals surface area contributed by atoms with E-state index in [2.05, 4.69) is 16.8 Å². The summed E-state index contributed by atoms with van der Waals surface area (Å²) in [5.41, 5.74) is 0. The van der Waals surface area contributed by atoms with Crippen LogP contribution in [0.4, 0.5) is 0 Å². The highest BCUT2D eigenvalue weighted by Crippen LogP contribution is 1.65. The topological polar surface area (TPSA) is 48.6 Å². The van der Waals surface area contributed by atoms with Gasteiger partial charge in [0.15, 0.2) is 0 Å². The van der Waals surface area contributed by atoms with Crippen LogP contribution >= 0.6 is 0 Å². The maximum absolute atomic E-state index is 6.27. The Hall–Kier alpha value is -0.990. The van der Waals surface area contributed by atoms with Crippen LogP contribution in [0.15, 0.2) is 23.0 Å². The summed E-state index contributed by atoms with van der Waals surface area (Å²) in [6.07, 6.45) is 2.12. The maximum Gasteiger partial charge on any atom is 0.129 e. The Morgan fingerprint density at radius 1 is 1.50 bits per heavy atom. The normalized spacial score (nSPS) is 8.67. The molecular formula is C3H5N3. The van der Waals surface area contributed by atoms with Crippen molar-refractivity contribution in [2.24, 2.45) is 10.2 Å². The molecule has 0 heterocycles. The summed E-state index contributed by atoms with van der Waals surface area (Å²) < 4.78 is 0. The van der Waals surface area contributed by atoms with Gasteiger partial charge in [-0.25, -0.2) is 0 Å². The Labute approximate surface area is 35.9 Å². The van der Waals surface area contributed by atoms with E-state index in [1.807, 2.05) is 0 Å². The van der Waals surface area contributed by atoms with E-state index in [0.29, 0.717) is 0 Å². The van der Waals surface area contributed by atoms with Gasteiger partial charge in [-0.3, -0.25) is 5.41 Å². The Kier molecular flexibility index (Phi) is 3.35. The lowest BCUT2D eigenvalue weighted by Gasteiger charge is -1.60. The van der Waals surface area contributed by atoms with Gasteiger partial charge in [-0.1, -0.05) is 6.58 Å². The molecule has 0 amide bonds. The van der Waals surface area contributed by atoms with E-state index >= 15 is 0 Å². The highest BCUT2D eigenvalue weighted by Gasteiger charge is 1.48. The molecule has 0 rings (SSSR count). The van der Waals surface area contributed by atoms with Gasteiger partial charge in [0.2, 0.25) is 0 Å². The first kappa shape index (κ1) is 5.01. The fraction of sp³-hybridized carbons (Fsp3) is 0. The van der Waals surface area contributed by atoms with Crippen LogP contribution in [-0.2, 0) is 0 Å². The van der Waals surface area contributed by atoms with Gasteiger partial charge < -0.3 is 0 Å². The van der Waals surface area contributed by atoms with E-state index in [4.69, 9.17) is 5.41 Å². The van der Waals surface area contributed by atoms with Gasteiger partial charge in [-0.2, -0.15) is 5.11 Å². The minimum atomic E-state index is 0.849. The Balaban J connectivity index is 3.17. The molecule has 0 aliphatic heterocycles. The van der Waals surface area contributed by atoms with E-state index in [9.17, 15) is 0 Å². The van der Waals surface area contributed by atoms with Crippen molar-refractivity contribution in [2.75, 3.05) is 0 Å². The molecule has 0 saturated heterocycles. The molecule has 6 heavy (non-hydrogen) atoms. The molecule has 3 nitrogen and oxygen atoms in total. The molecule has 0 aliphatic rings. The summed E-state index contributed by atoms with van der Waals surface area (Å²) in [6, 6.07) is 0. The fourth-order valence-corrected chi connectivity index (χ4v) is 0.0805. The maximum atomic E-state index is 6.27. The van der Waals surface area contributed by atoms with E-state index < -0.39 is 0 Å². The second kappa shape index (κ2) is 4.01. The van der Waals surface area contributed by atoms with Crippen molar-refractivity contribution < 1.29 is 0 Å². The third-order valence-corrected chi connectivity index (χ3v) is 0.206. The molecule has 0 aliphatic carbocycles. The highest BCUT2D eigenvalue weighted by molar-refractivity contribution is 5.49. The lowest BCUT2D eigenvalue weighted by atomic mass is 11.1. The van der Waals surface area contributed by atoms with E-state index in [0.717, 1.165) is 6.34 Å². The van der Waals surface area contributed by atoms with Gasteiger partial charge in [0.1, 0.15) is 6.34 Å². The SMILES string of the molecule is C=CN=NC=N. The summed E-state index contributed by atoms with van der Waals surface area (Å²) in [5, 5.41) is 12.6. The van der Waals surface area contributed by atoms with Crippen molar-refractivity contribution in [1.82, 2.24) is 0 Å². The Bertz CT molecular complexity index is 64.1. The fourth-order valence-electron chi connectivity index (χ4n) is 0.0805. The van der Waals surface area contributed by atoms with Crippen LogP contribution in [0.3, 0.4) is 0 Å². The molecule has 0 atom stereocenters. The molecule has 0 saturated carbocycles. The average Bonchev–Trinajstić information content (AvgIpc) is 1.61. The Morgan fingerprint density at radius 2 is 2.17 bits per heavy atom. The molecular weight excluding hydrogens is 78.1 g/mol. The molecule has 0 unspecified atom stereocenters. The first-order valence-electron chi connectivity index (χ1n) is 1.41. The zero-order valence-corrected chi connectivity index (χ0v) is 3.26. The minimum absolute atomic E-state index is 0.849. The van der Waals surface area contributed by atoms with E-state index in [1.54, 1.807) is 0 Å². The molecule has 1 N–H and O–H groups in total. The molecule has 3 heteroatoms. The standard InChI is InChI=1S/C3H5N3/c1-2-5-6-3-4/h2-4H,1H2. The quantitative estimate of drug-likeness (QED) is 0.296. The summed E-state index contributed by atoms with van der Waals surface area (Å²) in [4.78, 5) is 0. The Morgan fingerprint density at radius 3 is 2.33 bits per heavy atom. The largest absolute Gasteiger partial charge is 0.288 e. The molecule has 0 aromatic heterocycles. The number of azo groups is 1. The summed E-state index contributed by atoms with van der Waals surface area (Å²) >= 11 is 0. The zero-order valence-electron chi connectivity index (χ0n) is 3.26. The predicted molar refractivity (Wildman–Crippen MR) is 23.8 cm³/mol. The number of hydrogen-bond acceptors (Lipinski definition) is 2. The third kappa shape index (κ3) is 3.01. The minimum Gasteiger partial charge on any atom is -0.288 e. The predicted octanol–water partition coefficient (Wildman–Crippen LogP) is 1.19. The number of nitrogens with one attached hydrogen (secondary N) is 1. The first-order chi connectivity index (χ1) is 2.91. The second-order valence-electron chi connectivity index (χ2n) is 0.543. The van der Waals surface area contributed by atoms with Crippen LogP contribution in [-0.4, -0.2) is 6.34 Å². The molecule has 0 aromatic carbocycles. The summed E-state index contributed by atoms with van der Waals surface area (Å²) in [5.74, 6) is 0. The number of hydrogen-bond donors (Lipinski definition) is 1. The molecule has 0 radical (unpaired) electrons.